The van der Waals surface area contributed by atoms with Crippen LogP contribution in [0.5, 0.6) is 0 Å². The SMILES string of the molecule is CC(CCc1ccco1)NCC1CCC(O)CC1. The van der Waals surface area contributed by atoms with E-state index >= 15 is 0 Å². The molecule has 1 aromatic heterocycles. The highest BCUT2D eigenvalue weighted by Gasteiger charge is 2.19. The van der Waals surface area contributed by atoms with Gasteiger partial charge >= 0.3 is 0 Å². The lowest BCUT2D eigenvalue weighted by atomic mass is 9.87. The first-order valence-corrected chi connectivity index (χ1v) is 7.18. The maximum atomic E-state index is 9.46. The monoisotopic (exact) mass is 251 g/mol. The lowest BCUT2D eigenvalue weighted by Crippen LogP contribution is -2.33. The van der Waals surface area contributed by atoms with E-state index in [4.69, 9.17) is 4.42 Å². The van der Waals surface area contributed by atoms with Gasteiger partial charge in [-0.15, -0.1) is 0 Å². The van der Waals surface area contributed by atoms with Gasteiger partial charge in [0.15, 0.2) is 0 Å². The number of furan rings is 1. The molecule has 1 aliphatic carbocycles. The number of aryl methyl sites for hydroxylation is 1. The van der Waals surface area contributed by atoms with Crippen LogP contribution in [0.25, 0.3) is 0 Å². The minimum Gasteiger partial charge on any atom is -0.469 e. The van der Waals surface area contributed by atoms with Gasteiger partial charge in [0.05, 0.1) is 12.4 Å². The average molecular weight is 251 g/mol. The summed E-state index contributed by atoms with van der Waals surface area (Å²) in [6.07, 6.45) is 8.10. The molecule has 0 amide bonds. The number of hydrogen-bond donors (Lipinski definition) is 2. The van der Waals surface area contributed by atoms with Crippen LogP contribution in [0, 0.1) is 5.92 Å². The molecule has 18 heavy (non-hydrogen) atoms. The van der Waals surface area contributed by atoms with Crippen molar-refractivity contribution < 1.29 is 9.52 Å². The molecule has 1 unspecified atom stereocenters. The zero-order valence-electron chi connectivity index (χ0n) is 11.3. The Hall–Kier alpha value is -0.800. The maximum Gasteiger partial charge on any atom is 0.103 e. The minimum absolute atomic E-state index is 0.0439. The molecule has 0 radical (unpaired) electrons. The van der Waals surface area contributed by atoms with Gasteiger partial charge in [0.1, 0.15) is 5.76 Å². The van der Waals surface area contributed by atoms with Gasteiger partial charge in [-0.2, -0.15) is 0 Å². The van der Waals surface area contributed by atoms with Crippen molar-refractivity contribution >= 4 is 0 Å². The number of aliphatic hydroxyl groups is 1. The fourth-order valence-corrected chi connectivity index (χ4v) is 2.63. The molecule has 0 aliphatic heterocycles. The molecule has 3 heteroatoms. The van der Waals surface area contributed by atoms with Crippen molar-refractivity contribution in [2.75, 3.05) is 6.54 Å². The molecule has 1 heterocycles. The smallest absolute Gasteiger partial charge is 0.103 e. The van der Waals surface area contributed by atoms with Crippen LogP contribution in [0.4, 0.5) is 0 Å². The predicted molar refractivity (Wildman–Crippen MR) is 72.5 cm³/mol. The Morgan fingerprint density at radius 2 is 2.17 bits per heavy atom. The maximum absolute atomic E-state index is 9.46. The van der Waals surface area contributed by atoms with Crippen LogP contribution in [0.15, 0.2) is 22.8 Å². The number of rotatable bonds is 6. The molecule has 1 aromatic rings. The molecule has 1 saturated carbocycles. The first-order valence-electron chi connectivity index (χ1n) is 7.18. The molecule has 0 aromatic carbocycles. The van der Waals surface area contributed by atoms with Crippen LogP contribution in [-0.2, 0) is 6.42 Å². The van der Waals surface area contributed by atoms with E-state index in [0.29, 0.717) is 6.04 Å². The lowest BCUT2D eigenvalue weighted by Gasteiger charge is -2.26. The summed E-state index contributed by atoms with van der Waals surface area (Å²) >= 11 is 0. The molecule has 3 nitrogen and oxygen atoms in total. The fourth-order valence-electron chi connectivity index (χ4n) is 2.63. The van der Waals surface area contributed by atoms with E-state index in [9.17, 15) is 5.11 Å². The third-order valence-corrected chi connectivity index (χ3v) is 3.98. The first-order chi connectivity index (χ1) is 8.74. The van der Waals surface area contributed by atoms with Gasteiger partial charge in [0.25, 0.3) is 0 Å². The van der Waals surface area contributed by atoms with Crippen molar-refractivity contribution in [3.63, 3.8) is 0 Å². The van der Waals surface area contributed by atoms with E-state index in [1.165, 1.54) is 12.8 Å². The van der Waals surface area contributed by atoms with Gasteiger partial charge in [-0.25, -0.2) is 0 Å². The van der Waals surface area contributed by atoms with Gasteiger partial charge in [0, 0.05) is 12.5 Å². The molecule has 1 aliphatic rings. The number of hydrogen-bond acceptors (Lipinski definition) is 3. The van der Waals surface area contributed by atoms with Crippen LogP contribution in [0.3, 0.4) is 0 Å². The summed E-state index contributed by atoms with van der Waals surface area (Å²) in [5, 5.41) is 13.1. The van der Waals surface area contributed by atoms with Crippen molar-refractivity contribution in [3.05, 3.63) is 24.2 Å². The molecular weight excluding hydrogens is 226 g/mol. The highest BCUT2D eigenvalue weighted by molar-refractivity contribution is 4.98. The van der Waals surface area contributed by atoms with Crippen LogP contribution >= 0.6 is 0 Å². The molecule has 0 bridgehead atoms. The summed E-state index contributed by atoms with van der Waals surface area (Å²) in [6, 6.07) is 4.51. The van der Waals surface area contributed by atoms with Crippen molar-refractivity contribution in [3.8, 4) is 0 Å². The summed E-state index contributed by atoms with van der Waals surface area (Å²) in [5.74, 6) is 1.82. The largest absolute Gasteiger partial charge is 0.469 e. The highest BCUT2D eigenvalue weighted by atomic mass is 16.3. The van der Waals surface area contributed by atoms with Crippen LogP contribution in [-0.4, -0.2) is 23.8 Å². The summed E-state index contributed by atoms with van der Waals surface area (Å²) in [7, 11) is 0. The number of aliphatic hydroxyl groups excluding tert-OH is 1. The molecule has 1 atom stereocenters. The van der Waals surface area contributed by atoms with Gasteiger partial charge in [-0.05, 0) is 63.6 Å². The van der Waals surface area contributed by atoms with E-state index in [1.54, 1.807) is 6.26 Å². The molecule has 2 rings (SSSR count). The minimum atomic E-state index is -0.0439. The van der Waals surface area contributed by atoms with Crippen LogP contribution in [0.1, 0.15) is 44.8 Å². The van der Waals surface area contributed by atoms with Gasteiger partial charge in [-0.3, -0.25) is 0 Å². The van der Waals surface area contributed by atoms with Crippen molar-refractivity contribution in [2.24, 2.45) is 5.92 Å². The average Bonchev–Trinajstić information content (AvgIpc) is 2.89. The highest BCUT2D eigenvalue weighted by Crippen LogP contribution is 2.23. The second-order valence-corrected chi connectivity index (χ2v) is 5.60. The first kappa shape index (κ1) is 13.6. The molecule has 2 N–H and O–H groups in total. The molecule has 0 saturated heterocycles. The van der Waals surface area contributed by atoms with Gasteiger partial charge in [0.2, 0.25) is 0 Å². The zero-order chi connectivity index (χ0) is 12.8. The molecule has 102 valence electrons. The van der Waals surface area contributed by atoms with Crippen molar-refractivity contribution in [2.45, 2.75) is 57.6 Å². The lowest BCUT2D eigenvalue weighted by molar-refractivity contribution is 0.107. The Kier molecular flexibility index (Phi) is 5.26. The Balaban J connectivity index is 1.58. The Morgan fingerprint density at radius 3 is 2.83 bits per heavy atom. The van der Waals surface area contributed by atoms with E-state index in [0.717, 1.165) is 43.9 Å². The van der Waals surface area contributed by atoms with Crippen LogP contribution in [0.2, 0.25) is 0 Å². The van der Waals surface area contributed by atoms with Crippen molar-refractivity contribution in [1.82, 2.24) is 5.32 Å². The zero-order valence-corrected chi connectivity index (χ0v) is 11.3. The fraction of sp³-hybridized carbons (Fsp3) is 0.733. The van der Waals surface area contributed by atoms with Gasteiger partial charge < -0.3 is 14.8 Å². The van der Waals surface area contributed by atoms with E-state index in [2.05, 4.69) is 12.2 Å². The molecule has 0 spiro atoms. The summed E-state index contributed by atoms with van der Waals surface area (Å²) in [6.45, 7) is 3.33. The Bertz CT molecular complexity index is 315. The third kappa shape index (κ3) is 4.46. The summed E-state index contributed by atoms with van der Waals surface area (Å²) < 4.78 is 5.33. The summed E-state index contributed by atoms with van der Waals surface area (Å²) in [5.41, 5.74) is 0. The topological polar surface area (TPSA) is 45.4 Å². The quantitative estimate of drug-likeness (QED) is 0.817. The number of nitrogens with one attached hydrogen (secondary N) is 1. The van der Waals surface area contributed by atoms with Crippen LogP contribution < -0.4 is 5.32 Å². The standard InChI is InChI=1S/C15H25NO2/c1-12(4-9-15-3-2-10-18-15)16-11-13-5-7-14(17)8-6-13/h2-3,10,12-14,16-17H,4-9,11H2,1H3. The Morgan fingerprint density at radius 1 is 1.39 bits per heavy atom. The van der Waals surface area contributed by atoms with E-state index in [1.807, 2.05) is 12.1 Å². The Labute approximate surface area is 110 Å². The van der Waals surface area contributed by atoms with E-state index < -0.39 is 0 Å². The normalized spacial score (nSPS) is 26.1. The van der Waals surface area contributed by atoms with E-state index in [-0.39, 0.29) is 6.10 Å². The second kappa shape index (κ2) is 6.95. The molecule has 1 fully saturated rings. The van der Waals surface area contributed by atoms with Gasteiger partial charge in [-0.1, -0.05) is 0 Å². The van der Waals surface area contributed by atoms with Crippen molar-refractivity contribution in [1.29, 1.82) is 0 Å². The molecular formula is C15H25NO2. The predicted octanol–water partition coefficient (Wildman–Crippen LogP) is 2.74. The second-order valence-electron chi connectivity index (χ2n) is 5.60. The summed E-state index contributed by atoms with van der Waals surface area (Å²) in [4.78, 5) is 0. The third-order valence-electron chi connectivity index (χ3n) is 3.98.